The molecule has 0 radical (unpaired) electrons. The minimum Gasteiger partial charge on any atom is -0.378 e. The third kappa shape index (κ3) is 4.58. The van der Waals surface area contributed by atoms with Crippen LogP contribution in [0.1, 0.15) is 35.7 Å². The lowest BCUT2D eigenvalue weighted by atomic mass is 10.1. The van der Waals surface area contributed by atoms with Gasteiger partial charge in [-0.3, -0.25) is 29.1 Å². The average Bonchev–Trinajstić information content (AvgIpc) is 3.27. The molecule has 1 aliphatic rings. The number of ether oxygens (including phenoxy) is 1. The number of aryl methyl sites for hydroxylation is 2. The van der Waals surface area contributed by atoms with Gasteiger partial charge in [-0.2, -0.15) is 10.2 Å². The highest BCUT2D eigenvalue weighted by Crippen LogP contribution is 2.23. The van der Waals surface area contributed by atoms with E-state index in [1.54, 1.807) is 30.4 Å². The first-order chi connectivity index (χ1) is 14.7. The van der Waals surface area contributed by atoms with E-state index in [9.17, 15) is 19.7 Å². The van der Waals surface area contributed by atoms with E-state index in [1.165, 1.54) is 10.9 Å². The summed E-state index contributed by atoms with van der Waals surface area (Å²) < 4.78 is 8.33. The third-order valence-electron chi connectivity index (χ3n) is 5.32. The summed E-state index contributed by atoms with van der Waals surface area (Å²) in [4.78, 5) is 38.3. The molecule has 2 amide bonds. The van der Waals surface area contributed by atoms with E-state index in [0.29, 0.717) is 55.6 Å². The number of carbonyl (C=O) groups is 2. The lowest BCUT2D eigenvalue weighted by molar-refractivity contribution is -0.386. The second-order valence-electron chi connectivity index (χ2n) is 7.48. The van der Waals surface area contributed by atoms with Crippen molar-refractivity contribution in [3.63, 3.8) is 0 Å². The van der Waals surface area contributed by atoms with Crippen LogP contribution in [0.3, 0.4) is 0 Å². The molecular formula is C19H27N7O5. The first-order valence-corrected chi connectivity index (χ1v) is 10.2. The Bertz CT molecular complexity index is 990. The second kappa shape index (κ2) is 9.25. The molecule has 3 heterocycles. The van der Waals surface area contributed by atoms with E-state index in [-0.39, 0.29) is 24.0 Å². The average molecular weight is 433 g/mol. The number of carbonyl (C=O) groups excluding carboxylic acids is 2. The van der Waals surface area contributed by atoms with E-state index >= 15 is 0 Å². The summed E-state index contributed by atoms with van der Waals surface area (Å²) in [6.07, 6.45) is 1.47. The van der Waals surface area contributed by atoms with Crippen LogP contribution in [0.2, 0.25) is 0 Å². The van der Waals surface area contributed by atoms with Crippen LogP contribution < -0.4 is 5.32 Å². The predicted molar refractivity (Wildman–Crippen MR) is 111 cm³/mol. The summed E-state index contributed by atoms with van der Waals surface area (Å²) in [5.74, 6) is -1.09. The molecule has 0 saturated carbocycles. The molecule has 1 unspecified atom stereocenters. The van der Waals surface area contributed by atoms with Gasteiger partial charge in [0.2, 0.25) is 5.91 Å². The maximum atomic E-state index is 13.0. The predicted octanol–water partition coefficient (Wildman–Crippen LogP) is 1.37. The minimum absolute atomic E-state index is 0.0461. The Kier molecular flexibility index (Phi) is 6.68. The van der Waals surface area contributed by atoms with E-state index in [1.807, 2.05) is 6.92 Å². The van der Waals surface area contributed by atoms with Gasteiger partial charge in [-0.1, -0.05) is 6.92 Å². The molecular weight excluding hydrogens is 406 g/mol. The Labute approximate surface area is 179 Å². The van der Waals surface area contributed by atoms with Crippen molar-refractivity contribution in [3.05, 3.63) is 33.4 Å². The number of hydrogen-bond acceptors (Lipinski definition) is 7. The normalized spacial score (nSPS) is 15.0. The summed E-state index contributed by atoms with van der Waals surface area (Å²) in [5, 5.41) is 22.4. The molecule has 2 aromatic rings. The van der Waals surface area contributed by atoms with Crippen molar-refractivity contribution in [1.29, 1.82) is 0 Å². The van der Waals surface area contributed by atoms with Crippen molar-refractivity contribution in [2.24, 2.45) is 5.92 Å². The van der Waals surface area contributed by atoms with Crippen molar-refractivity contribution in [3.8, 4) is 0 Å². The Hall–Kier alpha value is -3.28. The molecule has 1 aliphatic heterocycles. The van der Waals surface area contributed by atoms with Gasteiger partial charge in [0.15, 0.2) is 0 Å². The maximum absolute atomic E-state index is 13.0. The van der Waals surface area contributed by atoms with Crippen LogP contribution in [0.25, 0.3) is 0 Å². The first-order valence-electron chi connectivity index (χ1n) is 10.2. The summed E-state index contributed by atoms with van der Waals surface area (Å²) >= 11 is 0. The van der Waals surface area contributed by atoms with Crippen molar-refractivity contribution in [2.75, 3.05) is 31.6 Å². The minimum atomic E-state index is -0.547. The fourth-order valence-corrected chi connectivity index (χ4v) is 3.59. The van der Waals surface area contributed by atoms with Gasteiger partial charge < -0.3 is 15.0 Å². The van der Waals surface area contributed by atoms with Crippen LogP contribution in [0.4, 0.5) is 11.4 Å². The van der Waals surface area contributed by atoms with E-state index in [0.717, 1.165) is 0 Å². The highest BCUT2D eigenvalue weighted by atomic mass is 16.6. The Balaban J connectivity index is 1.76. The summed E-state index contributed by atoms with van der Waals surface area (Å²) in [6.45, 7) is 9.29. The van der Waals surface area contributed by atoms with E-state index in [2.05, 4.69) is 15.5 Å². The third-order valence-corrected chi connectivity index (χ3v) is 5.32. The molecule has 0 aliphatic carbocycles. The van der Waals surface area contributed by atoms with Gasteiger partial charge in [-0.25, -0.2) is 0 Å². The summed E-state index contributed by atoms with van der Waals surface area (Å²) in [6, 6.07) is 0. The number of rotatable bonds is 7. The number of nitrogens with zero attached hydrogens (tertiary/aromatic N) is 6. The summed E-state index contributed by atoms with van der Waals surface area (Å²) in [7, 11) is 0. The molecule has 2 aromatic heterocycles. The molecule has 1 atom stereocenters. The van der Waals surface area contributed by atoms with Gasteiger partial charge in [0, 0.05) is 19.6 Å². The highest BCUT2D eigenvalue weighted by Gasteiger charge is 2.28. The zero-order valence-corrected chi connectivity index (χ0v) is 18.1. The van der Waals surface area contributed by atoms with Gasteiger partial charge in [-0.15, -0.1) is 0 Å². The van der Waals surface area contributed by atoms with Crippen molar-refractivity contribution in [1.82, 2.24) is 24.5 Å². The fraction of sp³-hybridized carbons (Fsp3) is 0.579. The van der Waals surface area contributed by atoms with Gasteiger partial charge in [0.25, 0.3) is 5.91 Å². The molecule has 0 bridgehead atoms. The molecule has 1 fully saturated rings. The van der Waals surface area contributed by atoms with Crippen LogP contribution in [0.15, 0.2) is 6.20 Å². The number of anilines is 1. The smallest absolute Gasteiger partial charge is 0.312 e. The molecule has 12 nitrogen and oxygen atoms in total. The summed E-state index contributed by atoms with van der Waals surface area (Å²) in [5.41, 5.74) is 1.32. The SMILES string of the molecule is CCn1ncc(NC(=O)C(C)Cn2nc(C)c([N+](=O)[O-])c2C)c1C(=O)N1CCOCC1. The van der Waals surface area contributed by atoms with Crippen molar-refractivity contribution >= 4 is 23.2 Å². The Morgan fingerprint density at radius 3 is 2.55 bits per heavy atom. The molecule has 3 rings (SSSR count). The van der Waals surface area contributed by atoms with Crippen LogP contribution >= 0.6 is 0 Å². The number of nitro groups is 1. The standard InChI is InChI=1S/C19H27N7O5/c1-5-24-17(19(28)23-6-8-31-9-7-23)15(10-20-24)21-18(27)12(2)11-25-14(4)16(26(29)30)13(3)22-25/h10,12H,5-9,11H2,1-4H3,(H,21,27). The quantitative estimate of drug-likeness (QED) is 0.514. The molecule has 31 heavy (non-hydrogen) atoms. The number of aromatic nitrogens is 4. The van der Waals surface area contributed by atoms with Crippen molar-refractivity contribution in [2.45, 2.75) is 40.8 Å². The molecule has 12 heteroatoms. The first kappa shape index (κ1) is 22.4. The lowest BCUT2D eigenvalue weighted by Gasteiger charge is -2.27. The fourth-order valence-electron chi connectivity index (χ4n) is 3.59. The van der Waals surface area contributed by atoms with Crippen LogP contribution in [0, 0.1) is 29.9 Å². The molecule has 0 aromatic carbocycles. The number of amides is 2. The number of morpholine rings is 1. The van der Waals surface area contributed by atoms with Crippen LogP contribution in [-0.2, 0) is 22.6 Å². The largest absolute Gasteiger partial charge is 0.378 e. The molecule has 168 valence electrons. The molecule has 1 N–H and O–H groups in total. The van der Waals surface area contributed by atoms with Gasteiger partial charge in [-0.05, 0) is 20.8 Å². The molecule has 0 spiro atoms. The Morgan fingerprint density at radius 2 is 1.97 bits per heavy atom. The van der Waals surface area contributed by atoms with E-state index in [4.69, 9.17) is 4.74 Å². The van der Waals surface area contributed by atoms with Gasteiger partial charge in [0.05, 0.1) is 42.5 Å². The van der Waals surface area contributed by atoms with Gasteiger partial charge in [0.1, 0.15) is 17.1 Å². The van der Waals surface area contributed by atoms with Gasteiger partial charge >= 0.3 is 5.69 Å². The molecule has 1 saturated heterocycles. The zero-order valence-electron chi connectivity index (χ0n) is 18.1. The highest BCUT2D eigenvalue weighted by molar-refractivity contribution is 6.02. The van der Waals surface area contributed by atoms with E-state index < -0.39 is 10.8 Å². The Morgan fingerprint density at radius 1 is 1.29 bits per heavy atom. The zero-order chi connectivity index (χ0) is 22.7. The topological polar surface area (TPSA) is 137 Å². The maximum Gasteiger partial charge on any atom is 0.312 e. The number of hydrogen-bond donors (Lipinski definition) is 1. The lowest BCUT2D eigenvalue weighted by Crippen LogP contribution is -2.42. The number of nitrogens with one attached hydrogen (secondary N) is 1. The van der Waals surface area contributed by atoms with Crippen LogP contribution in [-0.4, -0.2) is 67.5 Å². The van der Waals surface area contributed by atoms with Crippen LogP contribution in [0.5, 0.6) is 0 Å². The monoisotopic (exact) mass is 433 g/mol. The second-order valence-corrected chi connectivity index (χ2v) is 7.48. The van der Waals surface area contributed by atoms with Crippen molar-refractivity contribution < 1.29 is 19.2 Å².